The second kappa shape index (κ2) is 4.44. The van der Waals surface area contributed by atoms with E-state index in [0.29, 0.717) is 11.8 Å². The first kappa shape index (κ1) is 11.4. The van der Waals surface area contributed by atoms with Crippen molar-refractivity contribution in [2.75, 3.05) is 0 Å². The zero-order valence-corrected chi connectivity index (χ0v) is 9.77. The van der Waals surface area contributed by atoms with Gasteiger partial charge in [0.1, 0.15) is 12.2 Å². The first-order valence-electron chi connectivity index (χ1n) is 5.92. The summed E-state index contributed by atoms with van der Waals surface area (Å²) in [5.41, 5.74) is 0. The molecule has 0 N–H and O–H groups in total. The van der Waals surface area contributed by atoms with Gasteiger partial charge in [-0.3, -0.25) is 9.59 Å². The van der Waals surface area contributed by atoms with Gasteiger partial charge in [0.25, 0.3) is 0 Å². The molecule has 2 unspecified atom stereocenters. The quantitative estimate of drug-likeness (QED) is 0.672. The molecule has 0 aromatic heterocycles. The van der Waals surface area contributed by atoms with Crippen molar-refractivity contribution in [3.05, 3.63) is 0 Å². The molecule has 90 valence electrons. The molecule has 0 heterocycles. The molecule has 0 aromatic carbocycles. The largest absolute Gasteiger partial charge is 0.458 e. The molecule has 3 rings (SSSR count). The minimum Gasteiger partial charge on any atom is -0.458 e. The number of hydrogen-bond donors (Lipinski definition) is 0. The summed E-state index contributed by atoms with van der Waals surface area (Å²) in [6.07, 6.45) is 3.91. The fourth-order valence-electron chi connectivity index (χ4n) is 3.05. The SMILES string of the molecule is CC(=O)OC1C2CCC(CC2)C1OC(C)=O. The average molecular weight is 226 g/mol. The summed E-state index contributed by atoms with van der Waals surface area (Å²) in [6.45, 7) is 2.82. The Morgan fingerprint density at radius 2 is 1.12 bits per heavy atom. The van der Waals surface area contributed by atoms with Crippen molar-refractivity contribution in [1.29, 1.82) is 0 Å². The van der Waals surface area contributed by atoms with Crippen molar-refractivity contribution in [1.82, 2.24) is 0 Å². The Labute approximate surface area is 95.3 Å². The number of hydrogen-bond acceptors (Lipinski definition) is 4. The van der Waals surface area contributed by atoms with Gasteiger partial charge in [-0.2, -0.15) is 0 Å². The van der Waals surface area contributed by atoms with Crippen molar-refractivity contribution in [2.45, 2.75) is 51.7 Å². The molecule has 0 radical (unpaired) electrons. The molecule has 0 spiro atoms. The molecule has 3 aliphatic rings. The summed E-state index contributed by atoms with van der Waals surface area (Å²) in [6, 6.07) is 0. The molecule has 2 bridgehead atoms. The van der Waals surface area contributed by atoms with E-state index in [-0.39, 0.29) is 24.1 Å². The lowest BCUT2D eigenvalue weighted by Gasteiger charge is -2.46. The van der Waals surface area contributed by atoms with Crippen LogP contribution < -0.4 is 0 Å². The highest BCUT2D eigenvalue weighted by Gasteiger charge is 2.47. The van der Waals surface area contributed by atoms with E-state index in [0.717, 1.165) is 25.7 Å². The number of ether oxygens (including phenoxy) is 2. The predicted molar refractivity (Wildman–Crippen MR) is 56.6 cm³/mol. The summed E-state index contributed by atoms with van der Waals surface area (Å²) < 4.78 is 10.6. The number of carbonyl (C=O) groups is 2. The highest BCUT2D eigenvalue weighted by atomic mass is 16.6. The van der Waals surface area contributed by atoms with Gasteiger partial charge in [0, 0.05) is 13.8 Å². The minimum atomic E-state index is -0.283. The molecule has 3 fully saturated rings. The highest BCUT2D eigenvalue weighted by molar-refractivity contribution is 5.67. The first-order chi connectivity index (χ1) is 7.58. The topological polar surface area (TPSA) is 52.6 Å². The van der Waals surface area contributed by atoms with Gasteiger partial charge in [-0.05, 0) is 37.5 Å². The van der Waals surface area contributed by atoms with E-state index in [2.05, 4.69) is 0 Å². The van der Waals surface area contributed by atoms with Gasteiger partial charge in [0.2, 0.25) is 0 Å². The number of fused-ring (bicyclic) bond motifs is 3. The summed E-state index contributed by atoms with van der Waals surface area (Å²) in [5.74, 6) is 0.181. The van der Waals surface area contributed by atoms with Crippen LogP contribution in [0.2, 0.25) is 0 Å². The van der Waals surface area contributed by atoms with Crippen molar-refractivity contribution in [3.63, 3.8) is 0 Å². The lowest BCUT2D eigenvalue weighted by molar-refractivity contribution is -0.189. The van der Waals surface area contributed by atoms with E-state index < -0.39 is 0 Å². The molecule has 0 aliphatic heterocycles. The summed E-state index contributed by atoms with van der Waals surface area (Å²) in [7, 11) is 0. The Bertz CT molecular complexity index is 261. The minimum absolute atomic E-state index is 0.214. The summed E-state index contributed by atoms with van der Waals surface area (Å²) >= 11 is 0. The van der Waals surface area contributed by atoms with Crippen LogP contribution in [0.3, 0.4) is 0 Å². The van der Waals surface area contributed by atoms with Crippen molar-refractivity contribution < 1.29 is 19.1 Å². The monoisotopic (exact) mass is 226 g/mol. The fraction of sp³-hybridized carbons (Fsp3) is 0.833. The third kappa shape index (κ3) is 2.20. The Balaban J connectivity index is 2.10. The maximum absolute atomic E-state index is 11.1. The predicted octanol–water partition coefficient (Wildman–Crippen LogP) is 1.67. The van der Waals surface area contributed by atoms with Crippen LogP contribution in [0.4, 0.5) is 0 Å². The second-order valence-electron chi connectivity index (χ2n) is 4.82. The van der Waals surface area contributed by atoms with E-state index in [4.69, 9.17) is 9.47 Å². The molecule has 3 aliphatic carbocycles. The molecule has 4 nitrogen and oxygen atoms in total. The Hall–Kier alpha value is -1.06. The summed E-state index contributed by atoms with van der Waals surface area (Å²) in [5, 5.41) is 0. The second-order valence-corrected chi connectivity index (χ2v) is 4.82. The maximum atomic E-state index is 11.1. The van der Waals surface area contributed by atoms with E-state index in [1.54, 1.807) is 0 Å². The third-order valence-corrected chi connectivity index (χ3v) is 3.67. The molecule has 0 saturated heterocycles. The van der Waals surface area contributed by atoms with Crippen molar-refractivity contribution in [2.24, 2.45) is 11.8 Å². The molecule has 0 amide bonds. The van der Waals surface area contributed by atoms with Gasteiger partial charge in [0.15, 0.2) is 0 Å². The average Bonchev–Trinajstić information content (AvgIpc) is 2.22. The molecule has 2 atom stereocenters. The lowest BCUT2D eigenvalue weighted by Crippen LogP contribution is -2.51. The van der Waals surface area contributed by atoms with E-state index in [1.165, 1.54) is 13.8 Å². The molecule has 4 heteroatoms. The van der Waals surface area contributed by atoms with Crippen LogP contribution in [0.1, 0.15) is 39.5 Å². The molecule has 16 heavy (non-hydrogen) atoms. The molecular weight excluding hydrogens is 208 g/mol. The van der Waals surface area contributed by atoms with Crippen LogP contribution in [0.5, 0.6) is 0 Å². The highest BCUT2D eigenvalue weighted by Crippen LogP contribution is 2.44. The third-order valence-electron chi connectivity index (χ3n) is 3.67. The van der Waals surface area contributed by atoms with Crippen molar-refractivity contribution >= 4 is 11.9 Å². The van der Waals surface area contributed by atoms with E-state index >= 15 is 0 Å². The van der Waals surface area contributed by atoms with Crippen LogP contribution >= 0.6 is 0 Å². The number of esters is 2. The number of carbonyl (C=O) groups excluding carboxylic acids is 2. The van der Waals surface area contributed by atoms with Crippen LogP contribution in [0, 0.1) is 11.8 Å². The normalized spacial score (nSPS) is 36.9. The van der Waals surface area contributed by atoms with E-state index in [1.807, 2.05) is 0 Å². The van der Waals surface area contributed by atoms with Crippen LogP contribution in [-0.2, 0) is 19.1 Å². The Kier molecular flexibility index (Phi) is 3.17. The lowest BCUT2D eigenvalue weighted by atomic mass is 9.67. The molecule has 3 saturated carbocycles. The first-order valence-corrected chi connectivity index (χ1v) is 5.92. The smallest absolute Gasteiger partial charge is 0.303 e. The Morgan fingerprint density at radius 3 is 1.38 bits per heavy atom. The van der Waals surface area contributed by atoms with Gasteiger partial charge in [-0.15, -0.1) is 0 Å². The summed E-state index contributed by atoms with van der Waals surface area (Å²) in [4.78, 5) is 22.1. The van der Waals surface area contributed by atoms with E-state index in [9.17, 15) is 9.59 Å². The van der Waals surface area contributed by atoms with Crippen LogP contribution in [0.25, 0.3) is 0 Å². The fourth-order valence-corrected chi connectivity index (χ4v) is 3.05. The van der Waals surface area contributed by atoms with Crippen LogP contribution in [-0.4, -0.2) is 24.1 Å². The zero-order valence-electron chi connectivity index (χ0n) is 9.77. The molecule has 0 aromatic rings. The van der Waals surface area contributed by atoms with Crippen LogP contribution in [0.15, 0.2) is 0 Å². The van der Waals surface area contributed by atoms with Gasteiger partial charge >= 0.3 is 11.9 Å². The van der Waals surface area contributed by atoms with Gasteiger partial charge < -0.3 is 9.47 Å². The van der Waals surface area contributed by atoms with Gasteiger partial charge in [-0.25, -0.2) is 0 Å². The standard InChI is InChI=1S/C12H18O4/c1-7(13)15-11-9-3-5-10(6-4-9)12(11)16-8(2)14/h9-12H,3-6H2,1-2H3. The number of rotatable bonds is 2. The maximum Gasteiger partial charge on any atom is 0.303 e. The zero-order chi connectivity index (χ0) is 11.7. The van der Waals surface area contributed by atoms with Crippen molar-refractivity contribution in [3.8, 4) is 0 Å². The van der Waals surface area contributed by atoms with Gasteiger partial charge in [-0.1, -0.05) is 0 Å². The molecular formula is C12H18O4. The van der Waals surface area contributed by atoms with Gasteiger partial charge in [0.05, 0.1) is 0 Å². The Morgan fingerprint density at radius 1 is 0.812 bits per heavy atom.